The second-order valence-electron chi connectivity index (χ2n) is 6.45. The van der Waals surface area contributed by atoms with Gasteiger partial charge in [-0.05, 0) is 30.3 Å². The van der Waals surface area contributed by atoms with Crippen molar-refractivity contribution in [2.24, 2.45) is 0 Å². The Morgan fingerprint density at radius 2 is 2.13 bits per heavy atom. The van der Waals surface area contributed by atoms with Gasteiger partial charge in [0.15, 0.2) is 6.10 Å². The minimum Gasteiger partial charge on any atom is -0.496 e. The molecule has 1 aromatic heterocycles. The Morgan fingerprint density at radius 1 is 1.30 bits per heavy atom. The lowest BCUT2D eigenvalue weighted by atomic mass is 10.1. The van der Waals surface area contributed by atoms with Crippen LogP contribution in [-0.2, 0) is 20.9 Å². The minimum atomic E-state index is -0.927. The number of ether oxygens (including phenoxy) is 3. The normalized spacial score (nSPS) is 15.0. The third-order valence-corrected chi connectivity index (χ3v) is 5.80. The number of rotatable bonds is 6. The van der Waals surface area contributed by atoms with E-state index in [9.17, 15) is 9.59 Å². The van der Waals surface area contributed by atoms with E-state index in [1.807, 2.05) is 23.6 Å². The number of carbonyl (C=O) groups excluding carboxylic acids is 2. The van der Waals surface area contributed by atoms with Gasteiger partial charge >= 0.3 is 5.97 Å². The van der Waals surface area contributed by atoms with E-state index >= 15 is 0 Å². The molecule has 1 N–H and O–H groups in total. The van der Waals surface area contributed by atoms with Crippen LogP contribution in [-0.4, -0.2) is 30.1 Å². The van der Waals surface area contributed by atoms with Crippen molar-refractivity contribution in [3.63, 3.8) is 0 Å². The number of nitrogens with one attached hydrogen (secondary N) is 1. The monoisotopic (exact) mass is 488 g/mol. The summed E-state index contributed by atoms with van der Waals surface area (Å²) in [4.78, 5) is 28.9. The first-order valence-corrected chi connectivity index (χ1v) is 10.7. The van der Waals surface area contributed by atoms with E-state index in [1.54, 1.807) is 31.4 Å². The maximum atomic E-state index is 12.2. The Balaban J connectivity index is 1.36. The second-order valence-corrected chi connectivity index (χ2v) is 8.22. The van der Waals surface area contributed by atoms with Crippen LogP contribution in [0, 0.1) is 0 Å². The number of aromatic nitrogens is 1. The zero-order valence-electron chi connectivity index (χ0n) is 15.9. The minimum absolute atomic E-state index is 0.0105. The van der Waals surface area contributed by atoms with E-state index in [0.29, 0.717) is 22.9 Å². The summed E-state index contributed by atoms with van der Waals surface area (Å²) in [7, 11) is 1.60. The average molecular weight is 489 g/mol. The molecule has 30 heavy (non-hydrogen) atoms. The molecule has 0 bridgehead atoms. The number of fused-ring (bicyclic) bond motifs is 1. The van der Waals surface area contributed by atoms with Crippen molar-refractivity contribution in [2.45, 2.75) is 19.1 Å². The van der Waals surface area contributed by atoms with E-state index < -0.39 is 12.1 Å². The molecule has 1 aliphatic heterocycles. The molecule has 2 aromatic carbocycles. The van der Waals surface area contributed by atoms with Crippen molar-refractivity contribution < 1.29 is 23.8 Å². The number of nitrogens with zero attached hydrogens (tertiary/aromatic N) is 1. The summed E-state index contributed by atoms with van der Waals surface area (Å²) < 4.78 is 17.2. The van der Waals surface area contributed by atoms with Gasteiger partial charge in [-0.15, -0.1) is 11.3 Å². The lowest BCUT2D eigenvalue weighted by Crippen LogP contribution is -2.38. The molecule has 1 amide bonds. The van der Waals surface area contributed by atoms with Gasteiger partial charge in [-0.25, -0.2) is 4.98 Å². The molecule has 0 fully saturated rings. The number of amides is 1. The Kier molecular flexibility index (Phi) is 6.01. The van der Waals surface area contributed by atoms with Crippen LogP contribution in [0.4, 0.5) is 5.69 Å². The van der Waals surface area contributed by atoms with Crippen LogP contribution < -0.4 is 14.8 Å². The van der Waals surface area contributed by atoms with E-state index in [4.69, 9.17) is 14.2 Å². The van der Waals surface area contributed by atoms with Gasteiger partial charge in [0.25, 0.3) is 5.91 Å². The number of esters is 1. The zero-order valence-corrected chi connectivity index (χ0v) is 18.3. The third-order valence-electron chi connectivity index (χ3n) is 4.38. The Morgan fingerprint density at radius 3 is 2.97 bits per heavy atom. The van der Waals surface area contributed by atoms with Gasteiger partial charge in [-0.1, -0.05) is 28.1 Å². The summed E-state index contributed by atoms with van der Waals surface area (Å²) in [6, 6.07) is 12.7. The van der Waals surface area contributed by atoms with Gasteiger partial charge in [0.2, 0.25) is 0 Å². The largest absolute Gasteiger partial charge is 0.496 e. The van der Waals surface area contributed by atoms with Gasteiger partial charge in [-0.3, -0.25) is 9.59 Å². The molecule has 4 rings (SSSR count). The number of halogens is 1. The lowest BCUT2D eigenvalue weighted by molar-refractivity contribution is -0.149. The van der Waals surface area contributed by atoms with Crippen LogP contribution in [0.2, 0.25) is 0 Å². The highest BCUT2D eigenvalue weighted by atomic mass is 79.9. The molecule has 3 aromatic rings. The van der Waals surface area contributed by atoms with Crippen molar-refractivity contribution in [2.75, 3.05) is 12.4 Å². The summed E-state index contributed by atoms with van der Waals surface area (Å²) in [6.07, 6.45) is -1.11. The number of hydrogen-bond donors (Lipinski definition) is 1. The van der Waals surface area contributed by atoms with Crippen LogP contribution in [0.25, 0.3) is 10.6 Å². The molecule has 1 aliphatic rings. The molecule has 0 saturated heterocycles. The van der Waals surface area contributed by atoms with Crippen molar-refractivity contribution >= 4 is 44.8 Å². The second kappa shape index (κ2) is 8.85. The first kappa shape index (κ1) is 20.4. The maximum absolute atomic E-state index is 12.2. The molecule has 154 valence electrons. The molecule has 7 nitrogen and oxygen atoms in total. The smallest absolute Gasteiger partial charge is 0.310 e. The predicted molar refractivity (Wildman–Crippen MR) is 116 cm³/mol. The zero-order chi connectivity index (χ0) is 21.1. The Labute approximate surface area is 185 Å². The van der Waals surface area contributed by atoms with Crippen LogP contribution in [0.1, 0.15) is 12.1 Å². The van der Waals surface area contributed by atoms with Gasteiger partial charge in [0.05, 0.1) is 30.5 Å². The van der Waals surface area contributed by atoms with Gasteiger partial charge in [-0.2, -0.15) is 0 Å². The number of thiazole rings is 1. The molecule has 1 unspecified atom stereocenters. The molecule has 9 heteroatoms. The summed E-state index contributed by atoms with van der Waals surface area (Å²) in [5, 5.41) is 5.31. The van der Waals surface area contributed by atoms with Crippen LogP contribution in [0.3, 0.4) is 0 Å². The Hall–Kier alpha value is -2.91. The SMILES string of the molecule is COc1ccc(Br)cc1-c1nc(COC(=O)CC2Oc3ccccc3NC2=O)cs1. The van der Waals surface area contributed by atoms with Crippen molar-refractivity contribution in [1.82, 2.24) is 4.98 Å². The van der Waals surface area contributed by atoms with Crippen molar-refractivity contribution in [3.05, 3.63) is 58.0 Å². The van der Waals surface area contributed by atoms with Gasteiger partial charge in [0, 0.05) is 9.85 Å². The number of carbonyl (C=O) groups is 2. The molecular formula is C21H17BrN2O5S. The number of anilines is 1. The first-order valence-electron chi connectivity index (χ1n) is 9.04. The number of para-hydroxylation sites is 2. The standard InChI is InChI=1S/C21H17BrN2O5S/c1-27-16-7-6-12(22)8-14(16)21-23-13(11-30-21)10-28-19(25)9-18-20(26)24-15-4-2-3-5-17(15)29-18/h2-8,11,18H,9-10H2,1H3,(H,24,26). The number of hydrogen-bond acceptors (Lipinski definition) is 7. The van der Waals surface area contributed by atoms with E-state index in [0.717, 1.165) is 15.0 Å². The first-order chi connectivity index (χ1) is 14.5. The fourth-order valence-corrected chi connectivity index (χ4v) is 4.12. The molecule has 1 atom stereocenters. The Bertz CT molecular complexity index is 1100. The lowest BCUT2D eigenvalue weighted by Gasteiger charge is -2.25. The predicted octanol–water partition coefficient (Wildman–Crippen LogP) is 4.41. The maximum Gasteiger partial charge on any atom is 0.310 e. The van der Waals surface area contributed by atoms with E-state index in [-0.39, 0.29) is 18.9 Å². The van der Waals surface area contributed by atoms with Crippen LogP contribution >= 0.6 is 27.3 Å². The highest BCUT2D eigenvalue weighted by Crippen LogP contribution is 2.34. The number of methoxy groups -OCH3 is 1. The summed E-state index contributed by atoms with van der Waals surface area (Å²) in [5.74, 6) is 0.325. The molecule has 0 radical (unpaired) electrons. The fraction of sp³-hybridized carbons (Fsp3) is 0.190. The van der Waals surface area contributed by atoms with E-state index in [2.05, 4.69) is 26.2 Å². The third kappa shape index (κ3) is 4.47. The molecule has 0 spiro atoms. The van der Waals surface area contributed by atoms with Crippen LogP contribution in [0.5, 0.6) is 11.5 Å². The van der Waals surface area contributed by atoms with Crippen molar-refractivity contribution in [3.8, 4) is 22.1 Å². The summed E-state index contributed by atoms with van der Waals surface area (Å²) in [6.45, 7) is 0.0105. The van der Waals surface area contributed by atoms with Crippen molar-refractivity contribution in [1.29, 1.82) is 0 Å². The van der Waals surface area contributed by atoms with E-state index in [1.165, 1.54) is 11.3 Å². The molecular weight excluding hydrogens is 472 g/mol. The fourth-order valence-electron chi connectivity index (χ4n) is 2.94. The highest BCUT2D eigenvalue weighted by molar-refractivity contribution is 9.10. The van der Waals surface area contributed by atoms with Gasteiger partial charge in [0.1, 0.15) is 23.1 Å². The molecule has 0 saturated carbocycles. The topological polar surface area (TPSA) is 86.8 Å². The average Bonchev–Trinajstić information content (AvgIpc) is 3.22. The quantitative estimate of drug-likeness (QED) is 0.517. The molecule has 0 aliphatic carbocycles. The summed E-state index contributed by atoms with van der Waals surface area (Å²) in [5.41, 5.74) is 2.05. The van der Waals surface area contributed by atoms with Gasteiger partial charge < -0.3 is 19.5 Å². The molecule has 2 heterocycles. The van der Waals surface area contributed by atoms with Crippen LogP contribution in [0.15, 0.2) is 52.3 Å². The number of benzene rings is 2. The highest BCUT2D eigenvalue weighted by Gasteiger charge is 2.30. The summed E-state index contributed by atoms with van der Waals surface area (Å²) >= 11 is 4.88.